The largest absolute Gasteiger partial charge is 0.493 e. The number of fused-ring (bicyclic) bond motifs is 1. The third-order valence-electron chi connectivity index (χ3n) is 7.83. The molecule has 1 aromatic heterocycles. The van der Waals surface area contributed by atoms with Crippen molar-refractivity contribution >= 4 is 51.0 Å². The average molecular weight is 680 g/mol. The Morgan fingerprint density at radius 2 is 1.86 bits per heavy atom. The minimum Gasteiger partial charge on any atom is -0.493 e. The lowest BCUT2D eigenvalue weighted by Gasteiger charge is -2.38. The predicted octanol–water partition coefficient (Wildman–Crippen LogP) is 8.54. The first kappa shape index (κ1) is 29.8. The van der Waals surface area contributed by atoms with Crippen molar-refractivity contribution in [3.63, 3.8) is 0 Å². The molecule has 0 saturated heterocycles. The van der Waals surface area contributed by atoms with Gasteiger partial charge in [0.2, 0.25) is 11.1 Å². The molecule has 2 aliphatic rings. The number of carbonyl (C=O) groups is 1. The molecule has 0 amide bonds. The SMILES string of the molecule is COc1cc(C2C3=C(CC(C)(C)CC3=O)Nc3nc(SCc4ccccc4Cl)nn32)cc(Br)c1OCc1ccccc1C. The fraction of sp³-hybridized carbons (Fsp3) is 0.303. The van der Waals surface area contributed by atoms with E-state index in [-0.39, 0.29) is 11.2 Å². The second-order valence-corrected chi connectivity index (χ2v) is 13.9. The van der Waals surface area contributed by atoms with E-state index in [1.807, 2.05) is 53.2 Å². The molecule has 0 saturated carbocycles. The molecule has 1 aliphatic heterocycles. The van der Waals surface area contributed by atoms with E-state index in [0.29, 0.717) is 52.0 Å². The number of nitrogens with zero attached hydrogens (tertiary/aromatic N) is 3. The minimum absolute atomic E-state index is 0.102. The number of hydrogen-bond acceptors (Lipinski definition) is 7. The summed E-state index contributed by atoms with van der Waals surface area (Å²) in [6.45, 7) is 6.71. The summed E-state index contributed by atoms with van der Waals surface area (Å²) in [5.41, 5.74) is 5.55. The van der Waals surface area contributed by atoms with Crippen LogP contribution in [0.2, 0.25) is 5.02 Å². The zero-order valence-corrected chi connectivity index (χ0v) is 27.6. The molecule has 2 heterocycles. The first-order valence-electron chi connectivity index (χ1n) is 14.0. The predicted molar refractivity (Wildman–Crippen MR) is 174 cm³/mol. The lowest BCUT2D eigenvalue weighted by Crippen LogP contribution is -2.36. The second-order valence-electron chi connectivity index (χ2n) is 11.7. The molecule has 7 nitrogen and oxygen atoms in total. The fourth-order valence-electron chi connectivity index (χ4n) is 5.68. The smallest absolute Gasteiger partial charge is 0.227 e. The van der Waals surface area contributed by atoms with Gasteiger partial charge in [0.25, 0.3) is 0 Å². The Labute approximate surface area is 269 Å². The summed E-state index contributed by atoms with van der Waals surface area (Å²) in [6, 6.07) is 19.3. The van der Waals surface area contributed by atoms with Gasteiger partial charge in [-0.05, 0) is 75.1 Å². The first-order valence-corrected chi connectivity index (χ1v) is 16.2. The molecule has 3 aromatic carbocycles. The number of anilines is 1. The van der Waals surface area contributed by atoms with E-state index in [1.165, 1.54) is 11.8 Å². The number of carbonyl (C=O) groups excluding carboxylic acids is 1. The van der Waals surface area contributed by atoms with Gasteiger partial charge in [-0.1, -0.05) is 79.7 Å². The van der Waals surface area contributed by atoms with Gasteiger partial charge in [0.15, 0.2) is 17.3 Å². The maximum absolute atomic E-state index is 13.7. The summed E-state index contributed by atoms with van der Waals surface area (Å²) in [6.07, 6.45) is 1.19. The Bertz CT molecular complexity index is 1750. The highest BCUT2D eigenvalue weighted by Gasteiger charge is 2.42. The molecule has 1 atom stereocenters. The Balaban J connectivity index is 1.38. The molecule has 1 unspecified atom stereocenters. The van der Waals surface area contributed by atoms with Crippen molar-refractivity contribution in [2.75, 3.05) is 12.4 Å². The molecule has 6 rings (SSSR count). The van der Waals surface area contributed by atoms with E-state index in [2.05, 4.69) is 54.2 Å². The quantitative estimate of drug-likeness (QED) is 0.187. The molecule has 1 aliphatic carbocycles. The minimum atomic E-state index is -0.479. The van der Waals surface area contributed by atoms with Gasteiger partial charge in [-0.2, -0.15) is 4.98 Å². The van der Waals surface area contributed by atoms with E-state index in [1.54, 1.807) is 7.11 Å². The molecule has 43 heavy (non-hydrogen) atoms. The van der Waals surface area contributed by atoms with E-state index in [4.69, 9.17) is 31.2 Å². The van der Waals surface area contributed by atoms with Crippen LogP contribution in [0.3, 0.4) is 0 Å². The van der Waals surface area contributed by atoms with Gasteiger partial charge in [-0.15, -0.1) is 5.10 Å². The lowest BCUT2D eigenvalue weighted by molar-refractivity contribution is -0.118. The van der Waals surface area contributed by atoms with E-state index >= 15 is 0 Å². The van der Waals surface area contributed by atoms with E-state index < -0.39 is 6.04 Å². The number of methoxy groups -OCH3 is 1. The van der Waals surface area contributed by atoms with Crippen molar-refractivity contribution in [2.24, 2.45) is 5.41 Å². The van der Waals surface area contributed by atoms with E-state index in [9.17, 15) is 4.79 Å². The molecule has 1 N–H and O–H groups in total. The van der Waals surface area contributed by atoms with Crippen molar-refractivity contribution in [1.29, 1.82) is 0 Å². The summed E-state index contributed by atoms with van der Waals surface area (Å²) < 4.78 is 14.6. The van der Waals surface area contributed by atoms with Crippen molar-refractivity contribution in [3.8, 4) is 11.5 Å². The summed E-state index contributed by atoms with van der Waals surface area (Å²) >= 11 is 11.6. The number of Topliss-reactive ketones (excluding diaryl/α,β-unsaturated/α-hetero) is 1. The molecular formula is C33H32BrClN4O3S. The van der Waals surface area contributed by atoms with Crippen LogP contribution in [0.5, 0.6) is 11.5 Å². The Hall–Kier alpha value is -3.27. The number of ether oxygens (including phenoxy) is 2. The zero-order valence-electron chi connectivity index (χ0n) is 24.4. The van der Waals surface area contributed by atoms with Crippen LogP contribution in [0.4, 0.5) is 5.95 Å². The summed E-state index contributed by atoms with van der Waals surface area (Å²) in [5, 5.41) is 9.66. The molecule has 0 fully saturated rings. The van der Waals surface area contributed by atoms with Gasteiger partial charge in [-0.25, -0.2) is 4.68 Å². The fourth-order valence-corrected chi connectivity index (χ4v) is 7.37. The number of ketones is 1. The molecular weight excluding hydrogens is 648 g/mol. The van der Waals surface area contributed by atoms with Crippen molar-refractivity contribution in [2.45, 2.75) is 57.2 Å². The van der Waals surface area contributed by atoms with Gasteiger partial charge in [-0.3, -0.25) is 4.79 Å². The van der Waals surface area contributed by atoms with Crippen LogP contribution in [-0.2, 0) is 17.2 Å². The number of allylic oxidation sites excluding steroid dienone is 2. The van der Waals surface area contributed by atoms with Crippen LogP contribution < -0.4 is 14.8 Å². The van der Waals surface area contributed by atoms with Crippen molar-refractivity contribution < 1.29 is 14.3 Å². The Morgan fingerprint density at radius 1 is 1.12 bits per heavy atom. The molecule has 0 spiro atoms. The average Bonchev–Trinajstić information content (AvgIpc) is 3.37. The number of halogens is 2. The van der Waals surface area contributed by atoms with Gasteiger partial charge in [0.1, 0.15) is 12.6 Å². The Morgan fingerprint density at radius 3 is 2.60 bits per heavy atom. The highest BCUT2D eigenvalue weighted by atomic mass is 79.9. The van der Waals surface area contributed by atoms with Crippen LogP contribution in [0, 0.1) is 12.3 Å². The first-order chi connectivity index (χ1) is 20.6. The number of benzene rings is 3. The summed E-state index contributed by atoms with van der Waals surface area (Å²) in [7, 11) is 1.62. The highest BCUT2D eigenvalue weighted by molar-refractivity contribution is 9.10. The number of hydrogen-bond donors (Lipinski definition) is 1. The molecule has 0 radical (unpaired) electrons. The number of aromatic nitrogens is 3. The third-order valence-corrected chi connectivity index (χ3v) is 9.67. The van der Waals surface area contributed by atoms with E-state index in [0.717, 1.165) is 38.8 Å². The number of rotatable bonds is 8. The second kappa shape index (κ2) is 12.0. The maximum atomic E-state index is 13.7. The third kappa shape index (κ3) is 6.08. The number of aryl methyl sites for hydroxylation is 1. The molecule has 0 bridgehead atoms. The summed E-state index contributed by atoms with van der Waals surface area (Å²) in [4.78, 5) is 18.6. The van der Waals surface area contributed by atoms with Crippen LogP contribution >= 0.6 is 39.3 Å². The number of thioether (sulfide) groups is 1. The maximum Gasteiger partial charge on any atom is 0.227 e. The van der Waals surface area contributed by atoms with Gasteiger partial charge >= 0.3 is 0 Å². The van der Waals surface area contributed by atoms with Crippen LogP contribution in [0.25, 0.3) is 0 Å². The molecule has 222 valence electrons. The monoisotopic (exact) mass is 678 g/mol. The lowest BCUT2D eigenvalue weighted by atomic mass is 9.73. The van der Waals surface area contributed by atoms with Gasteiger partial charge < -0.3 is 14.8 Å². The number of nitrogens with one attached hydrogen (secondary N) is 1. The summed E-state index contributed by atoms with van der Waals surface area (Å²) in [5.74, 6) is 2.50. The highest BCUT2D eigenvalue weighted by Crippen LogP contribution is 2.48. The topological polar surface area (TPSA) is 78.3 Å². The van der Waals surface area contributed by atoms with Crippen LogP contribution in [0.15, 0.2) is 81.6 Å². The molecule has 4 aromatic rings. The van der Waals surface area contributed by atoms with Gasteiger partial charge in [0.05, 0.1) is 11.6 Å². The van der Waals surface area contributed by atoms with Gasteiger partial charge in [0, 0.05) is 28.5 Å². The Kier molecular flexibility index (Phi) is 8.33. The van der Waals surface area contributed by atoms with Crippen LogP contribution in [0.1, 0.15) is 55.0 Å². The van der Waals surface area contributed by atoms with Crippen molar-refractivity contribution in [3.05, 3.63) is 104 Å². The molecule has 10 heteroatoms. The van der Waals surface area contributed by atoms with Crippen LogP contribution in [-0.4, -0.2) is 27.7 Å². The standard InChI is InChI=1S/C33H32BrClN4O3S/c1-19-9-5-6-10-20(19)17-42-30-23(34)13-22(14-27(30)41-4)29-28-25(15-33(2,3)16-26(28)40)36-31-37-32(38-39(29)31)43-18-21-11-7-8-12-24(21)35/h5-14,29H,15-18H2,1-4H3,(H,36,37,38). The normalized spacial score (nSPS) is 17.3. The van der Waals surface area contributed by atoms with Crippen molar-refractivity contribution in [1.82, 2.24) is 14.8 Å². The zero-order chi connectivity index (χ0) is 30.3.